The molecule has 2 aromatic rings. The fourth-order valence-corrected chi connectivity index (χ4v) is 2.56. The lowest BCUT2D eigenvalue weighted by molar-refractivity contribution is 0.606. The lowest BCUT2D eigenvalue weighted by Crippen LogP contribution is -2.08. The summed E-state index contributed by atoms with van der Waals surface area (Å²) in [4.78, 5) is 8.72. The Balaban J connectivity index is 2.10. The summed E-state index contributed by atoms with van der Waals surface area (Å²) in [6, 6.07) is 5.88. The molecule has 0 aliphatic rings. The van der Waals surface area contributed by atoms with E-state index < -0.39 is 0 Å². The van der Waals surface area contributed by atoms with Crippen LogP contribution >= 0.6 is 11.6 Å². The van der Waals surface area contributed by atoms with E-state index >= 15 is 0 Å². The molecule has 0 aliphatic heterocycles. The summed E-state index contributed by atoms with van der Waals surface area (Å²) in [5.74, 6) is 2.02. The molecule has 0 saturated heterocycles. The lowest BCUT2D eigenvalue weighted by Gasteiger charge is -2.13. The Bertz CT molecular complexity index is 617. The average Bonchev–Trinajstić information content (AvgIpc) is 2.43. The molecule has 0 amide bonds. The van der Waals surface area contributed by atoms with Crippen molar-refractivity contribution in [2.75, 3.05) is 17.2 Å². The number of halogens is 1. The van der Waals surface area contributed by atoms with Crippen molar-refractivity contribution in [2.24, 2.45) is 5.92 Å². The third kappa shape index (κ3) is 4.60. The van der Waals surface area contributed by atoms with Gasteiger partial charge in [-0.3, -0.25) is 0 Å². The number of hydrogen-bond acceptors (Lipinski definition) is 4. The van der Waals surface area contributed by atoms with Crippen molar-refractivity contribution in [3.05, 3.63) is 40.5 Å². The number of rotatable bonds is 6. The molecule has 5 heteroatoms. The maximum atomic E-state index is 6.32. The third-order valence-corrected chi connectivity index (χ3v) is 3.64. The Labute approximate surface area is 137 Å². The van der Waals surface area contributed by atoms with E-state index in [0.717, 1.165) is 35.6 Å². The van der Waals surface area contributed by atoms with Crippen LogP contribution in [-0.2, 0) is 0 Å². The molecule has 0 aliphatic carbocycles. The van der Waals surface area contributed by atoms with Crippen molar-refractivity contribution >= 4 is 29.1 Å². The molecule has 0 unspecified atom stereocenters. The van der Waals surface area contributed by atoms with Gasteiger partial charge in [0, 0.05) is 12.7 Å². The topological polar surface area (TPSA) is 49.8 Å². The Kier molecular flexibility index (Phi) is 5.61. The van der Waals surface area contributed by atoms with Crippen LogP contribution in [0.5, 0.6) is 0 Å². The van der Waals surface area contributed by atoms with Gasteiger partial charge in [-0.15, -0.1) is 0 Å². The molecule has 0 fully saturated rings. The van der Waals surface area contributed by atoms with Gasteiger partial charge in [0.15, 0.2) is 0 Å². The molecular formula is C17H23ClN4. The first-order chi connectivity index (χ1) is 10.5. The van der Waals surface area contributed by atoms with Gasteiger partial charge < -0.3 is 10.6 Å². The molecule has 0 saturated carbocycles. The van der Waals surface area contributed by atoms with Gasteiger partial charge in [-0.05, 0) is 49.4 Å². The monoisotopic (exact) mass is 318 g/mol. The van der Waals surface area contributed by atoms with E-state index in [9.17, 15) is 0 Å². The summed E-state index contributed by atoms with van der Waals surface area (Å²) in [5.41, 5.74) is 3.13. The molecule has 0 bridgehead atoms. The second-order valence-corrected chi connectivity index (χ2v) is 6.35. The van der Waals surface area contributed by atoms with Crippen LogP contribution in [0.2, 0.25) is 5.02 Å². The first-order valence-corrected chi connectivity index (χ1v) is 7.94. The number of benzene rings is 1. The highest BCUT2D eigenvalue weighted by Crippen LogP contribution is 2.29. The van der Waals surface area contributed by atoms with Crippen LogP contribution in [0, 0.1) is 19.8 Å². The Hall–Kier alpha value is -1.81. The molecule has 1 aromatic carbocycles. The number of aryl methyl sites for hydroxylation is 2. The maximum absolute atomic E-state index is 6.32. The molecule has 1 heterocycles. The summed E-state index contributed by atoms with van der Waals surface area (Å²) < 4.78 is 0. The van der Waals surface area contributed by atoms with Crippen LogP contribution in [0.15, 0.2) is 24.4 Å². The second-order valence-electron chi connectivity index (χ2n) is 5.94. The van der Waals surface area contributed by atoms with Gasteiger partial charge in [-0.1, -0.05) is 31.5 Å². The zero-order valence-corrected chi connectivity index (χ0v) is 14.3. The standard InChI is InChI=1S/C17H23ClN4/c1-11(2)5-7-19-17-20-8-6-15(22-17)21-16-13(4)9-12(3)10-14(16)18/h6,8-11H,5,7H2,1-4H3,(H2,19,20,21,22). The summed E-state index contributed by atoms with van der Waals surface area (Å²) in [7, 11) is 0. The lowest BCUT2D eigenvalue weighted by atomic mass is 10.1. The normalized spacial score (nSPS) is 10.8. The van der Waals surface area contributed by atoms with Crippen LogP contribution < -0.4 is 10.6 Å². The Morgan fingerprint density at radius 3 is 2.68 bits per heavy atom. The Morgan fingerprint density at radius 1 is 1.23 bits per heavy atom. The molecule has 0 spiro atoms. The van der Waals surface area contributed by atoms with Gasteiger partial charge in [-0.2, -0.15) is 4.98 Å². The SMILES string of the molecule is Cc1cc(C)c(Nc2ccnc(NCCC(C)C)n2)c(Cl)c1. The second kappa shape index (κ2) is 7.45. The highest BCUT2D eigenvalue weighted by Gasteiger charge is 2.07. The van der Waals surface area contributed by atoms with Crippen LogP contribution in [0.3, 0.4) is 0 Å². The summed E-state index contributed by atoms with van der Waals surface area (Å²) in [6.45, 7) is 9.32. The number of nitrogens with zero attached hydrogens (tertiary/aromatic N) is 2. The third-order valence-electron chi connectivity index (χ3n) is 3.35. The summed E-state index contributed by atoms with van der Waals surface area (Å²) in [5, 5.41) is 7.23. The number of aromatic nitrogens is 2. The molecule has 0 radical (unpaired) electrons. The summed E-state index contributed by atoms with van der Waals surface area (Å²) >= 11 is 6.32. The van der Waals surface area contributed by atoms with E-state index in [1.165, 1.54) is 0 Å². The van der Waals surface area contributed by atoms with Gasteiger partial charge in [0.1, 0.15) is 5.82 Å². The van der Waals surface area contributed by atoms with E-state index in [1.807, 2.05) is 26.0 Å². The van der Waals surface area contributed by atoms with Gasteiger partial charge >= 0.3 is 0 Å². The van der Waals surface area contributed by atoms with Crippen molar-refractivity contribution in [3.8, 4) is 0 Å². The minimum Gasteiger partial charge on any atom is -0.354 e. The highest BCUT2D eigenvalue weighted by atomic mass is 35.5. The van der Waals surface area contributed by atoms with E-state index in [1.54, 1.807) is 6.20 Å². The average molecular weight is 319 g/mol. The largest absolute Gasteiger partial charge is 0.354 e. The predicted octanol–water partition coefficient (Wildman–Crippen LogP) is 4.95. The van der Waals surface area contributed by atoms with E-state index in [0.29, 0.717) is 16.9 Å². The van der Waals surface area contributed by atoms with E-state index in [-0.39, 0.29) is 0 Å². The van der Waals surface area contributed by atoms with Crippen molar-refractivity contribution < 1.29 is 0 Å². The molecular weight excluding hydrogens is 296 g/mol. The first-order valence-electron chi connectivity index (χ1n) is 7.56. The summed E-state index contributed by atoms with van der Waals surface area (Å²) in [6.07, 6.45) is 2.83. The van der Waals surface area contributed by atoms with Crippen LogP contribution in [-0.4, -0.2) is 16.5 Å². The minimum atomic E-state index is 0.631. The number of nitrogens with one attached hydrogen (secondary N) is 2. The fourth-order valence-electron chi connectivity index (χ4n) is 2.19. The van der Waals surface area contributed by atoms with Gasteiger partial charge in [-0.25, -0.2) is 4.98 Å². The van der Waals surface area contributed by atoms with Crippen LogP contribution in [0.1, 0.15) is 31.4 Å². The van der Waals surface area contributed by atoms with Crippen molar-refractivity contribution in [1.82, 2.24) is 9.97 Å². The van der Waals surface area contributed by atoms with Crippen LogP contribution in [0.25, 0.3) is 0 Å². The number of anilines is 3. The smallest absolute Gasteiger partial charge is 0.224 e. The van der Waals surface area contributed by atoms with E-state index in [4.69, 9.17) is 11.6 Å². The van der Waals surface area contributed by atoms with E-state index in [2.05, 4.69) is 40.5 Å². The molecule has 4 nitrogen and oxygen atoms in total. The maximum Gasteiger partial charge on any atom is 0.224 e. The van der Waals surface area contributed by atoms with Gasteiger partial charge in [0.2, 0.25) is 5.95 Å². The molecule has 2 N–H and O–H groups in total. The minimum absolute atomic E-state index is 0.631. The zero-order valence-electron chi connectivity index (χ0n) is 13.6. The van der Waals surface area contributed by atoms with Gasteiger partial charge in [0.05, 0.1) is 10.7 Å². The van der Waals surface area contributed by atoms with Crippen molar-refractivity contribution in [2.45, 2.75) is 34.1 Å². The molecule has 0 atom stereocenters. The predicted molar refractivity (Wildman–Crippen MR) is 94.2 cm³/mol. The zero-order chi connectivity index (χ0) is 16.1. The van der Waals surface area contributed by atoms with Crippen molar-refractivity contribution in [3.63, 3.8) is 0 Å². The van der Waals surface area contributed by atoms with Gasteiger partial charge in [0.25, 0.3) is 0 Å². The van der Waals surface area contributed by atoms with Crippen molar-refractivity contribution in [1.29, 1.82) is 0 Å². The molecule has 22 heavy (non-hydrogen) atoms. The quantitative estimate of drug-likeness (QED) is 0.791. The highest BCUT2D eigenvalue weighted by molar-refractivity contribution is 6.33. The molecule has 2 rings (SSSR count). The first kappa shape index (κ1) is 16.6. The Morgan fingerprint density at radius 2 is 2.00 bits per heavy atom. The number of hydrogen-bond donors (Lipinski definition) is 2. The molecule has 118 valence electrons. The van der Waals surface area contributed by atoms with Crippen LogP contribution in [0.4, 0.5) is 17.5 Å². The molecule has 1 aromatic heterocycles. The fraction of sp³-hybridized carbons (Fsp3) is 0.412.